The number of methoxy groups -OCH3 is 1. The van der Waals surface area contributed by atoms with Crippen molar-refractivity contribution in [3.8, 4) is 11.5 Å². The number of phenolic OH excluding ortho intramolecular Hbond substituents is 1. The van der Waals surface area contributed by atoms with E-state index in [1.807, 2.05) is 6.07 Å². The maximum Gasteiger partial charge on any atom is 0.165 e. The van der Waals surface area contributed by atoms with E-state index in [1.54, 1.807) is 7.11 Å². The third kappa shape index (κ3) is 3.03. The van der Waals surface area contributed by atoms with E-state index < -0.39 is 0 Å². The first-order chi connectivity index (χ1) is 8.93. The number of benzene rings is 1. The number of rotatable bonds is 2. The van der Waals surface area contributed by atoms with Crippen LogP contribution >= 0.6 is 0 Å². The molecule has 19 heavy (non-hydrogen) atoms. The Labute approximate surface area is 116 Å². The van der Waals surface area contributed by atoms with Crippen LogP contribution in [0, 0.1) is 0 Å². The minimum atomic E-state index is 0.0210. The second-order valence-electron chi connectivity index (χ2n) is 6.37. The Morgan fingerprint density at radius 1 is 1.26 bits per heavy atom. The molecular weight excluding hydrogens is 238 g/mol. The number of hydrogen-bond donors (Lipinski definition) is 2. The van der Waals surface area contributed by atoms with Gasteiger partial charge in [-0.05, 0) is 42.5 Å². The lowest BCUT2D eigenvalue weighted by Crippen LogP contribution is -2.27. The van der Waals surface area contributed by atoms with Crippen LogP contribution < -0.4 is 10.1 Å². The molecule has 0 amide bonds. The summed E-state index contributed by atoms with van der Waals surface area (Å²) >= 11 is 0. The van der Waals surface area contributed by atoms with Crippen molar-refractivity contribution >= 4 is 0 Å². The van der Waals surface area contributed by atoms with Crippen LogP contribution in [-0.2, 0) is 5.41 Å². The van der Waals surface area contributed by atoms with E-state index in [1.165, 1.54) is 12.8 Å². The van der Waals surface area contributed by atoms with Gasteiger partial charge in [0.15, 0.2) is 11.5 Å². The topological polar surface area (TPSA) is 41.5 Å². The van der Waals surface area contributed by atoms with Crippen LogP contribution in [0.25, 0.3) is 0 Å². The predicted molar refractivity (Wildman–Crippen MR) is 78.0 cm³/mol. The summed E-state index contributed by atoms with van der Waals surface area (Å²) in [6.07, 6.45) is 3.55. The molecule has 1 unspecified atom stereocenters. The predicted octanol–water partition coefficient (Wildman–Crippen LogP) is 3.51. The van der Waals surface area contributed by atoms with Crippen LogP contribution in [0.2, 0.25) is 0 Å². The summed E-state index contributed by atoms with van der Waals surface area (Å²) in [5.41, 5.74) is 2.26. The molecule has 1 atom stereocenters. The first-order valence-corrected chi connectivity index (χ1v) is 7.08. The SMILES string of the molecule is COc1c(O)cc(C(C)(C)C)cc1C1CCCCN1. The zero-order valence-electron chi connectivity index (χ0n) is 12.4. The Balaban J connectivity index is 2.46. The lowest BCUT2D eigenvalue weighted by Gasteiger charge is -2.28. The molecule has 3 heteroatoms. The van der Waals surface area contributed by atoms with E-state index in [0.29, 0.717) is 5.75 Å². The molecular formula is C16H25NO2. The standard InChI is InChI=1S/C16H25NO2/c1-16(2,3)11-9-12(13-7-5-6-8-17-13)15(19-4)14(18)10-11/h9-10,13,17-18H,5-8H2,1-4H3. The molecule has 0 spiro atoms. The molecule has 1 fully saturated rings. The van der Waals surface area contributed by atoms with Crippen LogP contribution in [0.1, 0.15) is 57.2 Å². The van der Waals surface area contributed by atoms with Crippen molar-refractivity contribution in [1.82, 2.24) is 5.32 Å². The molecule has 2 N–H and O–H groups in total. The van der Waals surface area contributed by atoms with Gasteiger partial charge in [0.05, 0.1) is 7.11 Å². The van der Waals surface area contributed by atoms with Gasteiger partial charge in [-0.2, -0.15) is 0 Å². The lowest BCUT2D eigenvalue weighted by atomic mass is 9.84. The monoisotopic (exact) mass is 263 g/mol. The second kappa shape index (κ2) is 5.41. The fraction of sp³-hybridized carbons (Fsp3) is 0.625. The van der Waals surface area contributed by atoms with Gasteiger partial charge in [-0.25, -0.2) is 0 Å². The van der Waals surface area contributed by atoms with Crippen molar-refractivity contribution in [1.29, 1.82) is 0 Å². The minimum absolute atomic E-state index is 0.0210. The zero-order chi connectivity index (χ0) is 14.0. The third-order valence-corrected chi connectivity index (χ3v) is 3.85. The van der Waals surface area contributed by atoms with Gasteiger partial charge >= 0.3 is 0 Å². The molecule has 0 radical (unpaired) electrons. The van der Waals surface area contributed by atoms with E-state index in [4.69, 9.17) is 4.74 Å². The molecule has 2 rings (SSSR count). The highest BCUT2D eigenvalue weighted by Crippen LogP contribution is 2.40. The van der Waals surface area contributed by atoms with Gasteiger partial charge in [-0.15, -0.1) is 0 Å². The average Bonchev–Trinajstić information content (AvgIpc) is 2.37. The van der Waals surface area contributed by atoms with E-state index in [2.05, 4.69) is 32.2 Å². The molecule has 0 bridgehead atoms. The smallest absolute Gasteiger partial charge is 0.165 e. The summed E-state index contributed by atoms with van der Waals surface area (Å²) in [5.74, 6) is 0.865. The normalized spacial score (nSPS) is 20.3. The highest BCUT2D eigenvalue weighted by molar-refractivity contribution is 5.51. The van der Waals surface area contributed by atoms with E-state index in [0.717, 1.165) is 24.1 Å². The molecule has 0 aromatic heterocycles. The molecule has 0 aliphatic carbocycles. The molecule has 3 nitrogen and oxygen atoms in total. The molecule has 1 aromatic rings. The van der Waals surface area contributed by atoms with Gasteiger partial charge in [-0.1, -0.05) is 27.2 Å². The molecule has 106 valence electrons. The maximum absolute atomic E-state index is 10.2. The molecule has 0 saturated carbocycles. The number of ether oxygens (including phenoxy) is 1. The van der Waals surface area contributed by atoms with Crippen molar-refractivity contribution in [2.75, 3.05) is 13.7 Å². The van der Waals surface area contributed by atoms with Crippen molar-refractivity contribution < 1.29 is 9.84 Å². The fourth-order valence-corrected chi connectivity index (χ4v) is 2.67. The van der Waals surface area contributed by atoms with E-state index in [9.17, 15) is 5.11 Å². The molecule has 1 aliphatic heterocycles. The Morgan fingerprint density at radius 3 is 2.53 bits per heavy atom. The average molecular weight is 263 g/mol. The number of phenols is 1. The van der Waals surface area contributed by atoms with Crippen molar-refractivity contribution in [3.63, 3.8) is 0 Å². The molecule has 1 heterocycles. The van der Waals surface area contributed by atoms with Crippen LogP contribution in [0.3, 0.4) is 0 Å². The Morgan fingerprint density at radius 2 is 2.00 bits per heavy atom. The maximum atomic E-state index is 10.2. The first kappa shape index (κ1) is 14.2. The number of hydrogen-bond acceptors (Lipinski definition) is 3. The largest absolute Gasteiger partial charge is 0.504 e. The Hall–Kier alpha value is -1.22. The summed E-state index contributed by atoms with van der Waals surface area (Å²) in [6.45, 7) is 7.51. The third-order valence-electron chi connectivity index (χ3n) is 3.85. The van der Waals surface area contributed by atoms with E-state index >= 15 is 0 Å². The summed E-state index contributed by atoms with van der Waals surface area (Å²) in [6, 6.07) is 4.30. The zero-order valence-corrected chi connectivity index (χ0v) is 12.4. The van der Waals surface area contributed by atoms with Crippen molar-refractivity contribution in [3.05, 3.63) is 23.3 Å². The van der Waals surface area contributed by atoms with Gasteiger partial charge in [0.1, 0.15) is 0 Å². The quantitative estimate of drug-likeness (QED) is 0.858. The lowest BCUT2D eigenvalue weighted by molar-refractivity contribution is 0.348. The highest BCUT2D eigenvalue weighted by Gasteiger charge is 2.24. The minimum Gasteiger partial charge on any atom is -0.504 e. The van der Waals surface area contributed by atoms with Gasteiger partial charge in [0.25, 0.3) is 0 Å². The fourth-order valence-electron chi connectivity index (χ4n) is 2.67. The number of nitrogens with one attached hydrogen (secondary N) is 1. The summed E-state index contributed by atoms with van der Waals surface area (Å²) < 4.78 is 5.41. The Kier molecular flexibility index (Phi) is 4.04. The highest BCUT2D eigenvalue weighted by atomic mass is 16.5. The van der Waals surface area contributed by atoms with Crippen LogP contribution in [0.4, 0.5) is 0 Å². The van der Waals surface area contributed by atoms with E-state index in [-0.39, 0.29) is 17.2 Å². The number of piperidine rings is 1. The van der Waals surface area contributed by atoms with Crippen molar-refractivity contribution in [2.45, 2.75) is 51.5 Å². The van der Waals surface area contributed by atoms with Crippen LogP contribution in [0.5, 0.6) is 11.5 Å². The van der Waals surface area contributed by atoms with Gasteiger partial charge in [0.2, 0.25) is 0 Å². The molecule has 1 aromatic carbocycles. The summed E-state index contributed by atoms with van der Waals surface area (Å²) in [5, 5.41) is 13.7. The van der Waals surface area contributed by atoms with Gasteiger partial charge in [-0.3, -0.25) is 0 Å². The Bertz CT molecular complexity index is 443. The van der Waals surface area contributed by atoms with Crippen LogP contribution in [0.15, 0.2) is 12.1 Å². The number of aromatic hydroxyl groups is 1. The van der Waals surface area contributed by atoms with Crippen molar-refractivity contribution in [2.24, 2.45) is 0 Å². The van der Waals surface area contributed by atoms with Gasteiger partial charge in [0, 0.05) is 11.6 Å². The summed E-state index contributed by atoms with van der Waals surface area (Å²) in [4.78, 5) is 0. The van der Waals surface area contributed by atoms with Crippen LogP contribution in [-0.4, -0.2) is 18.8 Å². The molecule has 1 saturated heterocycles. The summed E-state index contributed by atoms with van der Waals surface area (Å²) in [7, 11) is 1.62. The second-order valence-corrected chi connectivity index (χ2v) is 6.37. The van der Waals surface area contributed by atoms with Gasteiger partial charge < -0.3 is 15.2 Å². The first-order valence-electron chi connectivity index (χ1n) is 7.08. The molecule has 1 aliphatic rings.